The second-order valence-electron chi connectivity index (χ2n) is 4.58. The SMILES string of the molecule is O=S(=O)(NCC1CC=CCC1)c1ccc(Br)cc1Cl. The Balaban J connectivity index is 2.07. The van der Waals surface area contributed by atoms with E-state index in [1.807, 2.05) is 0 Å². The summed E-state index contributed by atoms with van der Waals surface area (Å²) < 4.78 is 27.8. The lowest BCUT2D eigenvalue weighted by Crippen LogP contribution is -2.30. The van der Waals surface area contributed by atoms with Crippen LogP contribution in [0, 0.1) is 5.92 Å². The Hall–Kier alpha value is -0.360. The van der Waals surface area contributed by atoms with Crippen molar-refractivity contribution >= 4 is 37.6 Å². The number of nitrogens with one attached hydrogen (secondary N) is 1. The second kappa shape index (κ2) is 6.39. The zero-order valence-electron chi connectivity index (χ0n) is 10.3. The van der Waals surface area contributed by atoms with Crippen LogP contribution in [0.4, 0.5) is 0 Å². The first-order valence-corrected chi connectivity index (χ1v) is 8.74. The molecule has 0 heterocycles. The number of hydrogen-bond donors (Lipinski definition) is 1. The molecule has 1 unspecified atom stereocenters. The topological polar surface area (TPSA) is 46.2 Å². The van der Waals surface area contributed by atoms with Gasteiger partial charge in [-0.3, -0.25) is 0 Å². The van der Waals surface area contributed by atoms with Gasteiger partial charge >= 0.3 is 0 Å². The fourth-order valence-corrected chi connectivity index (χ4v) is 4.19. The van der Waals surface area contributed by atoms with Crippen LogP contribution in [0.5, 0.6) is 0 Å². The summed E-state index contributed by atoms with van der Waals surface area (Å²) in [6.07, 6.45) is 7.21. The van der Waals surface area contributed by atoms with Crippen molar-refractivity contribution in [2.24, 2.45) is 5.92 Å². The number of halogens is 2. The van der Waals surface area contributed by atoms with Crippen molar-refractivity contribution < 1.29 is 8.42 Å². The average Bonchev–Trinajstić information content (AvgIpc) is 2.37. The normalized spacial score (nSPS) is 19.6. The molecule has 19 heavy (non-hydrogen) atoms. The molecule has 6 heteroatoms. The first kappa shape index (κ1) is 15.0. The summed E-state index contributed by atoms with van der Waals surface area (Å²) in [6, 6.07) is 4.76. The molecule has 2 rings (SSSR count). The van der Waals surface area contributed by atoms with E-state index in [1.165, 1.54) is 6.07 Å². The third-order valence-corrected chi connectivity index (χ3v) is 5.52. The van der Waals surface area contributed by atoms with Crippen molar-refractivity contribution in [3.63, 3.8) is 0 Å². The number of allylic oxidation sites excluding steroid dienone is 2. The summed E-state index contributed by atoms with van der Waals surface area (Å²) in [5.41, 5.74) is 0. The van der Waals surface area contributed by atoms with Crippen molar-refractivity contribution in [1.29, 1.82) is 0 Å². The maximum absolute atomic E-state index is 12.2. The fourth-order valence-electron chi connectivity index (χ4n) is 2.04. The van der Waals surface area contributed by atoms with Crippen molar-refractivity contribution in [3.8, 4) is 0 Å². The lowest BCUT2D eigenvalue weighted by Gasteiger charge is -2.18. The minimum atomic E-state index is -3.53. The third kappa shape index (κ3) is 4.05. The molecule has 1 aromatic rings. The van der Waals surface area contributed by atoms with Gasteiger partial charge in [0, 0.05) is 11.0 Å². The predicted molar refractivity (Wildman–Crippen MR) is 80.8 cm³/mol. The minimum Gasteiger partial charge on any atom is -0.211 e. The molecule has 0 aliphatic heterocycles. The lowest BCUT2D eigenvalue weighted by atomic mass is 9.95. The van der Waals surface area contributed by atoms with Crippen LogP contribution < -0.4 is 4.72 Å². The van der Waals surface area contributed by atoms with Crippen molar-refractivity contribution in [2.45, 2.75) is 24.2 Å². The Morgan fingerprint density at radius 2 is 2.16 bits per heavy atom. The van der Waals surface area contributed by atoms with Gasteiger partial charge in [0.15, 0.2) is 0 Å². The Labute approximate surface area is 127 Å². The highest BCUT2D eigenvalue weighted by Crippen LogP contribution is 2.25. The van der Waals surface area contributed by atoms with E-state index in [9.17, 15) is 8.42 Å². The van der Waals surface area contributed by atoms with Gasteiger partial charge in [0.05, 0.1) is 5.02 Å². The van der Waals surface area contributed by atoms with Crippen molar-refractivity contribution in [3.05, 3.63) is 39.8 Å². The minimum absolute atomic E-state index is 0.128. The van der Waals surface area contributed by atoms with E-state index in [2.05, 4.69) is 32.8 Å². The van der Waals surface area contributed by atoms with E-state index >= 15 is 0 Å². The number of sulfonamides is 1. The van der Waals surface area contributed by atoms with Crippen LogP contribution in [0.1, 0.15) is 19.3 Å². The van der Waals surface area contributed by atoms with Gasteiger partial charge in [-0.1, -0.05) is 39.7 Å². The molecule has 0 radical (unpaired) electrons. The Morgan fingerprint density at radius 3 is 2.79 bits per heavy atom. The Kier molecular flexibility index (Phi) is 5.06. The standard InChI is InChI=1S/C13H15BrClNO2S/c14-11-6-7-13(12(15)8-11)19(17,18)16-9-10-4-2-1-3-5-10/h1-2,6-8,10,16H,3-5,9H2. The monoisotopic (exact) mass is 363 g/mol. The van der Waals surface area contributed by atoms with Gasteiger partial charge in [-0.2, -0.15) is 0 Å². The zero-order valence-corrected chi connectivity index (χ0v) is 13.4. The molecule has 1 atom stereocenters. The molecule has 0 bridgehead atoms. The van der Waals surface area contributed by atoms with Gasteiger partial charge in [0.25, 0.3) is 0 Å². The molecule has 1 N–H and O–H groups in total. The highest BCUT2D eigenvalue weighted by molar-refractivity contribution is 9.10. The van der Waals surface area contributed by atoms with Gasteiger partial charge in [-0.25, -0.2) is 13.1 Å². The molecular formula is C13H15BrClNO2S. The van der Waals surface area contributed by atoms with Crippen LogP contribution in [0.3, 0.4) is 0 Å². The summed E-state index contributed by atoms with van der Waals surface area (Å²) in [7, 11) is -3.53. The van der Waals surface area contributed by atoms with Crippen LogP contribution in [0.2, 0.25) is 5.02 Å². The quantitative estimate of drug-likeness (QED) is 0.827. The van der Waals surface area contributed by atoms with Gasteiger partial charge in [-0.15, -0.1) is 0 Å². The molecule has 1 aromatic carbocycles. The van der Waals surface area contributed by atoms with E-state index in [1.54, 1.807) is 12.1 Å². The molecule has 0 aromatic heterocycles. The first-order valence-electron chi connectivity index (χ1n) is 6.09. The van der Waals surface area contributed by atoms with Crippen molar-refractivity contribution in [2.75, 3.05) is 6.54 Å². The first-order chi connectivity index (χ1) is 8.99. The highest BCUT2D eigenvalue weighted by Gasteiger charge is 2.20. The molecule has 0 saturated heterocycles. The zero-order chi connectivity index (χ0) is 13.9. The van der Waals surface area contributed by atoms with Crippen molar-refractivity contribution in [1.82, 2.24) is 4.72 Å². The van der Waals surface area contributed by atoms with E-state index < -0.39 is 10.0 Å². The second-order valence-corrected chi connectivity index (χ2v) is 7.64. The summed E-state index contributed by atoms with van der Waals surface area (Å²) in [5, 5.41) is 0.227. The predicted octanol–water partition coefficient (Wildman–Crippen LogP) is 3.74. The van der Waals surface area contributed by atoms with E-state index in [-0.39, 0.29) is 9.92 Å². The number of rotatable bonds is 4. The summed E-state index contributed by atoms with van der Waals surface area (Å²) in [5.74, 6) is 0.369. The van der Waals surface area contributed by atoms with E-state index in [4.69, 9.17) is 11.6 Å². The molecule has 1 aliphatic carbocycles. The van der Waals surface area contributed by atoms with Crippen LogP contribution in [0.25, 0.3) is 0 Å². The van der Waals surface area contributed by atoms with Crippen LogP contribution in [0.15, 0.2) is 39.7 Å². The smallest absolute Gasteiger partial charge is 0.211 e. The number of hydrogen-bond acceptors (Lipinski definition) is 2. The lowest BCUT2D eigenvalue weighted by molar-refractivity contribution is 0.468. The molecule has 0 fully saturated rings. The molecule has 3 nitrogen and oxygen atoms in total. The van der Waals surface area contributed by atoms with Gasteiger partial charge in [-0.05, 0) is 43.4 Å². The van der Waals surface area contributed by atoms with E-state index in [0.29, 0.717) is 12.5 Å². The molecule has 0 spiro atoms. The summed E-state index contributed by atoms with van der Waals surface area (Å²) in [6.45, 7) is 0.457. The van der Waals surface area contributed by atoms with Crippen LogP contribution in [-0.2, 0) is 10.0 Å². The third-order valence-electron chi connectivity index (χ3n) is 3.12. The molecule has 0 amide bonds. The molecule has 104 valence electrons. The number of benzene rings is 1. The maximum Gasteiger partial charge on any atom is 0.242 e. The Morgan fingerprint density at radius 1 is 1.37 bits per heavy atom. The Bertz CT molecular complexity index is 586. The maximum atomic E-state index is 12.2. The van der Waals surface area contributed by atoms with Gasteiger partial charge in [0.1, 0.15) is 4.90 Å². The van der Waals surface area contributed by atoms with Gasteiger partial charge < -0.3 is 0 Å². The average molecular weight is 365 g/mol. The largest absolute Gasteiger partial charge is 0.242 e. The van der Waals surface area contributed by atoms with Crippen LogP contribution >= 0.6 is 27.5 Å². The molecule has 1 aliphatic rings. The molecule has 0 saturated carbocycles. The van der Waals surface area contributed by atoms with Crippen LogP contribution in [-0.4, -0.2) is 15.0 Å². The fraction of sp³-hybridized carbons (Fsp3) is 0.385. The molecular weight excluding hydrogens is 350 g/mol. The summed E-state index contributed by atoms with van der Waals surface area (Å²) >= 11 is 9.23. The van der Waals surface area contributed by atoms with Gasteiger partial charge in [0.2, 0.25) is 10.0 Å². The summed E-state index contributed by atoms with van der Waals surface area (Å²) in [4.78, 5) is 0.128. The van der Waals surface area contributed by atoms with E-state index in [0.717, 1.165) is 23.7 Å². The highest BCUT2D eigenvalue weighted by atomic mass is 79.9.